The summed E-state index contributed by atoms with van der Waals surface area (Å²) in [4.78, 5) is 33.5. The number of fused-ring (bicyclic) bond motifs is 1. The zero-order valence-electron chi connectivity index (χ0n) is 24.2. The number of nitrogens with zero attached hydrogens (tertiary/aromatic N) is 2. The van der Waals surface area contributed by atoms with Gasteiger partial charge in [-0.25, -0.2) is 4.98 Å². The van der Waals surface area contributed by atoms with Crippen LogP contribution >= 0.6 is 11.3 Å². The monoisotopic (exact) mass is 606 g/mol. The summed E-state index contributed by atoms with van der Waals surface area (Å²) in [5, 5.41) is 11.9. The molecule has 1 unspecified atom stereocenters. The summed E-state index contributed by atoms with van der Waals surface area (Å²) in [7, 11) is 1.58. The molecule has 1 N–H and O–H groups in total. The van der Waals surface area contributed by atoms with Crippen LogP contribution in [0.5, 0.6) is 17.2 Å². The summed E-state index contributed by atoms with van der Waals surface area (Å²) < 4.78 is 17.9. The van der Waals surface area contributed by atoms with E-state index in [1.54, 1.807) is 55.6 Å². The SMILES string of the molecule is CCCOc1ccc(/C(O)=C2\C(=O)C(=O)N(c3nc4ccc(OC)cc4s3)C2c2cccc(OCc3ccccc3)c2)cc1. The molecule has 6 rings (SSSR count). The van der Waals surface area contributed by atoms with Crippen LogP contribution < -0.4 is 19.1 Å². The molecule has 1 aliphatic heterocycles. The average molecular weight is 607 g/mol. The lowest BCUT2D eigenvalue weighted by Gasteiger charge is -2.23. The predicted molar refractivity (Wildman–Crippen MR) is 170 cm³/mol. The highest BCUT2D eigenvalue weighted by Gasteiger charge is 2.48. The highest BCUT2D eigenvalue weighted by molar-refractivity contribution is 7.22. The molecule has 1 aliphatic rings. The number of aliphatic hydroxyl groups is 1. The van der Waals surface area contributed by atoms with Crippen LogP contribution in [0, 0.1) is 0 Å². The van der Waals surface area contributed by atoms with Gasteiger partial charge in [-0.15, -0.1) is 0 Å². The fraction of sp³-hybridized carbons (Fsp3) is 0.171. The molecule has 1 aromatic heterocycles. The summed E-state index contributed by atoms with van der Waals surface area (Å²) in [6.07, 6.45) is 0.859. The maximum absolute atomic E-state index is 13.7. The zero-order chi connectivity index (χ0) is 30.6. The number of carbonyl (C=O) groups is 2. The second kappa shape index (κ2) is 12.6. The van der Waals surface area contributed by atoms with Crippen LogP contribution in [0.3, 0.4) is 0 Å². The van der Waals surface area contributed by atoms with E-state index in [4.69, 9.17) is 19.2 Å². The Kier molecular flexibility index (Phi) is 8.29. The van der Waals surface area contributed by atoms with Crippen molar-refractivity contribution < 1.29 is 28.9 Å². The number of rotatable bonds is 10. The number of anilines is 1. The van der Waals surface area contributed by atoms with Gasteiger partial charge in [0, 0.05) is 5.56 Å². The molecular formula is C35H30N2O6S. The first kappa shape index (κ1) is 28.9. The molecule has 222 valence electrons. The number of ether oxygens (including phenoxy) is 3. The number of hydrogen-bond acceptors (Lipinski definition) is 8. The number of aliphatic hydroxyl groups excluding tert-OH is 1. The fourth-order valence-corrected chi connectivity index (χ4v) is 6.09. The van der Waals surface area contributed by atoms with Crippen molar-refractivity contribution in [2.75, 3.05) is 18.6 Å². The molecule has 2 heterocycles. The quantitative estimate of drug-likeness (QED) is 0.101. The summed E-state index contributed by atoms with van der Waals surface area (Å²) in [6, 6.07) is 28.3. The molecule has 0 radical (unpaired) electrons. The largest absolute Gasteiger partial charge is 0.507 e. The Morgan fingerprint density at radius 2 is 1.66 bits per heavy atom. The summed E-state index contributed by atoms with van der Waals surface area (Å²) in [6.45, 7) is 2.92. The van der Waals surface area contributed by atoms with Gasteiger partial charge in [0.2, 0.25) is 0 Å². The molecule has 0 saturated carbocycles. The van der Waals surface area contributed by atoms with E-state index in [1.807, 2.05) is 55.5 Å². The van der Waals surface area contributed by atoms with Crippen molar-refractivity contribution in [2.24, 2.45) is 0 Å². The molecule has 5 aromatic rings. The Hall–Kier alpha value is -5.15. The van der Waals surface area contributed by atoms with Crippen molar-refractivity contribution in [2.45, 2.75) is 26.0 Å². The van der Waals surface area contributed by atoms with Crippen molar-refractivity contribution in [3.8, 4) is 17.2 Å². The Balaban J connectivity index is 1.44. The van der Waals surface area contributed by atoms with E-state index in [0.717, 1.165) is 16.7 Å². The molecule has 4 aromatic carbocycles. The van der Waals surface area contributed by atoms with Crippen LogP contribution in [-0.2, 0) is 16.2 Å². The minimum Gasteiger partial charge on any atom is -0.507 e. The third kappa shape index (κ3) is 5.74. The van der Waals surface area contributed by atoms with E-state index in [1.165, 1.54) is 16.2 Å². The normalized spacial score (nSPS) is 16.0. The Morgan fingerprint density at radius 1 is 0.886 bits per heavy atom. The molecule has 0 bridgehead atoms. The Morgan fingerprint density at radius 3 is 2.41 bits per heavy atom. The van der Waals surface area contributed by atoms with Gasteiger partial charge >= 0.3 is 5.91 Å². The van der Waals surface area contributed by atoms with E-state index in [9.17, 15) is 14.7 Å². The average Bonchev–Trinajstić information content (AvgIpc) is 3.60. The van der Waals surface area contributed by atoms with Crippen molar-refractivity contribution in [3.63, 3.8) is 0 Å². The van der Waals surface area contributed by atoms with Gasteiger partial charge in [0.15, 0.2) is 5.13 Å². The first-order valence-electron chi connectivity index (χ1n) is 14.2. The Bertz CT molecular complexity index is 1850. The van der Waals surface area contributed by atoms with Crippen LogP contribution in [0.2, 0.25) is 0 Å². The first-order valence-corrected chi connectivity index (χ1v) is 15.0. The molecule has 0 aliphatic carbocycles. The molecule has 1 saturated heterocycles. The molecule has 1 amide bonds. The molecule has 9 heteroatoms. The molecule has 44 heavy (non-hydrogen) atoms. The summed E-state index contributed by atoms with van der Waals surface area (Å²) in [5.41, 5.74) is 2.61. The zero-order valence-corrected chi connectivity index (χ0v) is 25.0. The third-order valence-electron chi connectivity index (χ3n) is 7.26. The standard InChI is InChI=1S/C35H30N2O6S/c1-3-18-42-25-14-12-23(13-15-25)32(38)30-31(24-10-7-11-27(19-24)43-21-22-8-5-4-6-9-22)37(34(40)33(30)39)35-36-28-17-16-26(41-2)20-29(28)44-35/h4-17,19-20,31,38H,3,18,21H2,1-2H3/b32-30+. The minimum absolute atomic E-state index is 0.0331. The van der Waals surface area contributed by atoms with Gasteiger partial charge in [-0.3, -0.25) is 14.5 Å². The van der Waals surface area contributed by atoms with E-state index in [2.05, 4.69) is 0 Å². The molecule has 8 nitrogen and oxygen atoms in total. The van der Waals surface area contributed by atoms with Crippen molar-refractivity contribution in [1.29, 1.82) is 0 Å². The summed E-state index contributed by atoms with van der Waals surface area (Å²) in [5.74, 6) is 0.00140. The summed E-state index contributed by atoms with van der Waals surface area (Å²) >= 11 is 1.27. The van der Waals surface area contributed by atoms with Gasteiger partial charge in [-0.05, 0) is 72.1 Å². The number of methoxy groups -OCH3 is 1. The third-order valence-corrected chi connectivity index (χ3v) is 8.28. The molecule has 1 atom stereocenters. The lowest BCUT2D eigenvalue weighted by molar-refractivity contribution is -0.132. The van der Waals surface area contributed by atoms with Crippen LogP contribution in [-0.4, -0.2) is 35.5 Å². The topological polar surface area (TPSA) is 98.2 Å². The minimum atomic E-state index is -0.950. The van der Waals surface area contributed by atoms with Crippen LogP contribution in [0.4, 0.5) is 5.13 Å². The van der Waals surface area contributed by atoms with Gasteiger partial charge in [0.1, 0.15) is 29.6 Å². The van der Waals surface area contributed by atoms with Crippen molar-refractivity contribution in [1.82, 2.24) is 4.98 Å². The van der Waals surface area contributed by atoms with Gasteiger partial charge in [-0.2, -0.15) is 0 Å². The van der Waals surface area contributed by atoms with Gasteiger partial charge in [0.05, 0.1) is 35.5 Å². The van der Waals surface area contributed by atoms with Gasteiger partial charge in [0.25, 0.3) is 5.78 Å². The smallest absolute Gasteiger partial charge is 0.301 e. The van der Waals surface area contributed by atoms with Crippen LogP contribution in [0.25, 0.3) is 16.0 Å². The lowest BCUT2D eigenvalue weighted by atomic mass is 9.95. The highest BCUT2D eigenvalue weighted by Crippen LogP contribution is 2.45. The lowest BCUT2D eigenvalue weighted by Crippen LogP contribution is -2.29. The van der Waals surface area contributed by atoms with Crippen molar-refractivity contribution >= 4 is 44.1 Å². The van der Waals surface area contributed by atoms with Crippen LogP contribution in [0.15, 0.2) is 103 Å². The number of Topliss-reactive ketones (excluding diaryl/α,β-unsaturated/α-hetero) is 1. The Labute approximate surface area is 258 Å². The van der Waals surface area contributed by atoms with E-state index >= 15 is 0 Å². The van der Waals surface area contributed by atoms with E-state index in [-0.39, 0.29) is 11.3 Å². The van der Waals surface area contributed by atoms with Gasteiger partial charge < -0.3 is 19.3 Å². The second-order valence-corrected chi connectivity index (χ2v) is 11.2. The van der Waals surface area contributed by atoms with E-state index < -0.39 is 17.7 Å². The number of benzene rings is 4. The maximum Gasteiger partial charge on any atom is 0.301 e. The maximum atomic E-state index is 13.7. The number of thiazole rings is 1. The van der Waals surface area contributed by atoms with Crippen LogP contribution in [0.1, 0.15) is 36.1 Å². The predicted octanol–water partition coefficient (Wildman–Crippen LogP) is 7.30. The molecular weight excluding hydrogens is 576 g/mol. The number of hydrogen-bond donors (Lipinski definition) is 1. The number of carbonyl (C=O) groups excluding carboxylic acids is 2. The van der Waals surface area contributed by atoms with Crippen molar-refractivity contribution in [3.05, 3.63) is 119 Å². The molecule has 1 fully saturated rings. The van der Waals surface area contributed by atoms with Gasteiger partial charge in [-0.1, -0.05) is 60.7 Å². The highest BCUT2D eigenvalue weighted by atomic mass is 32.1. The fourth-order valence-electron chi connectivity index (χ4n) is 5.07. The number of aromatic nitrogens is 1. The number of amides is 1. The first-order chi connectivity index (χ1) is 21.5. The molecule has 0 spiro atoms. The second-order valence-electron chi connectivity index (χ2n) is 10.2. The number of ketones is 1. The van der Waals surface area contributed by atoms with E-state index in [0.29, 0.717) is 52.2 Å².